The van der Waals surface area contributed by atoms with E-state index >= 15 is 0 Å². The minimum atomic E-state index is 0.440. The van der Waals surface area contributed by atoms with E-state index in [0.717, 1.165) is 18.7 Å². The molecule has 16 heavy (non-hydrogen) atoms. The van der Waals surface area contributed by atoms with Gasteiger partial charge in [0.2, 0.25) is 0 Å². The van der Waals surface area contributed by atoms with Gasteiger partial charge in [-0.15, -0.1) is 0 Å². The Morgan fingerprint density at radius 1 is 1.31 bits per heavy atom. The monoisotopic (exact) mass is 217 g/mol. The van der Waals surface area contributed by atoms with Gasteiger partial charge in [-0.25, -0.2) is 0 Å². The lowest BCUT2D eigenvalue weighted by Gasteiger charge is -2.17. The second-order valence-electron chi connectivity index (χ2n) is 4.33. The van der Waals surface area contributed by atoms with E-state index in [9.17, 15) is 0 Å². The van der Waals surface area contributed by atoms with Gasteiger partial charge in [0.15, 0.2) is 0 Å². The Morgan fingerprint density at radius 3 is 2.44 bits per heavy atom. The Balaban J connectivity index is 2.44. The third kappa shape index (κ3) is 4.33. The molecule has 1 N–H and O–H groups in total. The quantitative estimate of drug-likeness (QED) is 0.822. The number of hydrogen-bond acceptors (Lipinski definition) is 3. The smallest absolute Gasteiger partial charge is 0.0991 e. The molecule has 0 aliphatic heterocycles. The second kappa shape index (κ2) is 6.14. The Bertz CT molecular complexity index is 348. The molecule has 0 bridgehead atoms. The predicted molar refractivity (Wildman–Crippen MR) is 67.4 cm³/mol. The van der Waals surface area contributed by atoms with E-state index in [1.807, 2.05) is 24.3 Å². The molecule has 86 valence electrons. The zero-order chi connectivity index (χ0) is 12.0. The van der Waals surface area contributed by atoms with E-state index in [1.165, 1.54) is 0 Å². The number of hydrogen-bond donors (Lipinski definition) is 1. The maximum absolute atomic E-state index is 8.68. The first-order chi connectivity index (χ1) is 7.61. The molecule has 0 radical (unpaired) electrons. The summed E-state index contributed by atoms with van der Waals surface area (Å²) in [5, 5.41) is 12.1. The van der Waals surface area contributed by atoms with Crippen LogP contribution >= 0.6 is 0 Å². The van der Waals surface area contributed by atoms with Gasteiger partial charge in [-0.05, 0) is 58.3 Å². The van der Waals surface area contributed by atoms with E-state index in [2.05, 4.69) is 37.3 Å². The maximum atomic E-state index is 8.68. The summed E-state index contributed by atoms with van der Waals surface area (Å²) in [6, 6.07) is 10.1. The molecule has 1 aromatic carbocycles. The van der Waals surface area contributed by atoms with Gasteiger partial charge in [-0.2, -0.15) is 5.26 Å². The normalized spacial score (nSPS) is 12.2. The van der Waals surface area contributed by atoms with Crippen molar-refractivity contribution < 1.29 is 0 Å². The zero-order valence-corrected chi connectivity index (χ0v) is 10.2. The minimum Gasteiger partial charge on any atom is -0.383 e. The zero-order valence-electron chi connectivity index (χ0n) is 10.2. The van der Waals surface area contributed by atoms with Crippen molar-refractivity contribution in [2.24, 2.45) is 0 Å². The van der Waals surface area contributed by atoms with Crippen molar-refractivity contribution in [3.05, 3.63) is 29.8 Å². The van der Waals surface area contributed by atoms with Gasteiger partial charge in [-0.3, -0.25) is 0 Å². The molecule has 0 aromatic heterocycles. The first kappa shape index (κ1) is 12.5. The van der Waals surface area contributed by atoms with Gasteiger partial charge in [-0.1, -0.05) is 0 Å². The largest absolute Gasteiger partial charge is 0.383 e. The Kier molecular flexibility index (Phi) is 4.81. The van der Waals surface area contributed by atoms with E-state index in [-0.39, 0.29) is 0 Å². The van der Waals surface area contributed by atoms with Crippen LogP contribution < -0.4 is 5.32 Å². The van der Waals surface area contributed by atoms with Crippen molar-refractivity contribution in [1.82, 2.24) is 4.90 Å². The fourth-order valence-corrected chi connectivity index (χ4v) is 1.45. The lowest BCUT2D eigenvalue weighted by Crippen LogP contribution is -2.22. The first-order valence-electron chi connectivity index (χ1n) is 5.53. The summed E-state index contributed by atoms with van der Waals surface area (Å²) in [6.07, 6.45) is 1.10. The standard InChI is InChI=1S/C13H19N3/c1-11(8-9-16(2)3)15-13-6-4-12(10-14)5-7-13/h4-7,11,15H,8-9H2,1-3H3. The average molecular weight is 217 g/mol. The number of nitrogens with zero attached hydrogens (tertiary/aromatic N) is 2. The number of anilines is 1. The molecule has 3 heteroatoms. The molecule has 0 heterocycles. The van der Waals surface area contributed by atoms with Crippen LogP contribution in [0.5, 0.6) is 0 Å². The van der Waals surface area contributed by atoms with E-state index in [1.54, 1.807) is 0 Å². The number of nitriles is 1. The summed E-state index contributed by atoms with van der Waals surface area (Å²) < 4.78 is 0. The summed E-state index contributed by atoms with van der Waals surface area (Å²) in [5.74, 6) is 0. The summed E-state index contributed by atoms with van der Waals surface area (Å²) >= 11 is 0. The minimum absolute atomic E-state index is 0.440. The summed E-state index contributed by atoms with van der Waals surface area (Å²) in [5.41, 5.74) is 1.77. The Labute approximate surface area is 97.7 Å². The number of rotatable bonds is 5. The highest BCUT2D eigenvalue weighted by molar-refractivity contribution is 5.47. The molecule has 0 fully saturated rings. The van der Waals surface area contributed by atoms with Crippen LogP contribution in [0.4, 0.5) is 5.69 Å². The first-order valence-corrected chi connectivity index (χ1v) is 5.53. The molecule has 0 amide bonds. The molecule has 0 aliphatic rings. The fourth-order valence-electron chi connectivity index (χ4n) is 1.45. The van der Waals surface area contributed by atoms with E-state index < -0.39 is 0 Å². The van der Waals surface area contributed by atoms with Gasteiger partial charge in [0, 0.05) is 11.7 Å². The van der Waals surface area contributed by atoms with Crippen molar-refractivity contribution in [1.29, 1.82) is 5.26 Å². The molecule has 1 aromatic rings. The third-order valence-electron chi connectivity index (χ3n) is 2.44. The van der Waals surface area contributed by atoms with Gasteiger partial charge < -0.3 is 10.2 Å². The third-order valence-corrected chi connectivity index (χ3v) is 2.44. The van der Waals surface area contributed by atoms with Crippen molar-refractivity contribution >= 4 is 5.69 Å². The average Bonchev–Trinajstić information content (AvgIpc) is 2.27. The predicted octanol–water partition coefficient (Wildman–Crippen LogP) is 2.31. The topological polar surface area (TPSA) is 39.1 Å². The van der Waals surface area contributed by atoms with Crippen molar-refractivity contribution in [2.45, 2.75) is 19.4 Å². The Hall–Kier alpha value is -1.53. The molecule has 1 unspecified atom stereocenters. The molecule has 0 aliphatic carbocycles. The Morgan fingerprint density at radius 2 is 1.94 bits per heavy atom. The molecule has 1 rings (SSSR count). The van der Waals surface area contributed by atoms with Gasteiger partial charge in [0.1, 0.15) is 0 Å². The highest BCUT2D eigenvalue weighted by Crippen LogP contribution is 2.11. The molecule has 1 atom stereocenters. The van der Waals surface area contributed by atoms with Crippen LogP contribution in [0, 0.1) is 11.3 Å². The molecule has 0 saturated carbocycles. The summed E-state index contributed by atoms with van der Waals surface area (Å²) in [7, 11) is 4.16. The van der Waals surface area contributed by atoms with Crippen molar-refractivity contribution in [3.8, 4) is 6.07 Å². The molecular weight excluding hydrogens is 198 g/mol. The summed E-state index contributed by atoms with van der Waals surface area (Å²) in [6.45, 7) is 3.24. The second-order valence-corrected chi connectivity index (χ2v) is 4.33. The van der Waals surface area contributed by atoms with Crippen LogP contribution in [0.1, 0.15) is 18.9 Å². The summed E-state index contributed by atoms with van der Waals surface area (Å²) in [4.78, 5) is 2.18. The molecule has 0 saturated heterocycles. The van der Waals surface area contributed by atoms with Crippen molar-refractivity contribution in [3.63, 3.8) is 0 Å². The highest BCUT2D eigenvalue weighted by Gasteiger charge is 2.02. The van der Waals surface area contributed by atoms with Crippen LogP contribution in [0.25, 0.3) is 0 Å². The maximum Gasteiger partial charge on any atom is 0.0991 e. The van der Waals surface area contributed by atoms with Crippen molar-refractivity contribution in [2.75, 3.05) is 26.0 Å². The van der Waals surface area contributed by atoms with Crippen LogP contribution in [-0.2, 0) is 0 Å². The van der Waals surface area contributed by atoms with Crippen LogP contribution in [-0.4, -0.2) is 31.6 Å². The van der Waals surface area contributed by atoms with E-state index in [4.69, 9.17) is 5.26 Å². The van der Waals surface area contributed by atoms with Crippen LogP contribution in [0.15, 0.2) is 24.3 Å². The highest BCUT2D eigenvalue weighted by atomic mass is 15.1. The van der Waals surface area contributed by atoms with Crippen LogP contribution in [0.3, 0.4) is 0 Å². The SMILES string of the molecule is CC(CCN(C)C)Nc1ccc(C#N)cc1. The lowest BCUT2D eigenvalue weighted by molar-refractivity contribution is 0.390. The van der Waals surface area contributed by atoms with Crippen LogP contribution in [0.2, 0.25) is 0 Å². The number of nitrogens with one attached hydrogen (secondary N) is 1. The van der Waals surface area contributed by atoms with E-state index in [0.29, 0.717) is 11.6 Å². The molecular formula is C13H19N3. The molecule has 0 spiro atoms. The van der Waals surface area contributed by atoms with Gasteiger partial charge >= 0.3 is 0 Å². The van der Waals surface area contributed by atoms with Gasteiger partial charge in [0.05, 0.1) is 11.6 Å². The number of benzene rings is 1. The lowest BCUT2D eigenvalue weighted by atomic mass is 10.2. The molecule has 3 nitrogen and oxygen atoms in total. The van der Waals surface area contributed by atoms with Gasteiger partial charge in [0.25, 0.3) is 0 Å². The fraction of sp³-hybridized carbons (Fsp3) is 0.462.